The summed E-state index contributed by atoms with van der Waals surface area (Å²) in [6.45, 7) is 2.41. The highest BCUT2D eigenvalue weighted by Gasteiger charge is 2.38. The third-order valence-corrected chi connectivity index (χ3v) is 4.70. The number of aliphatic carboxylic acids is 2. The van der Waals surface area contributed by atoms with E-state index in [1.165, 1.54) is 6.08 Å². The topological polar surface area (TPSA) is 156 Å². The molecule has 0 bridgehead atoms. The minimum atomic E-state index is -5.08. The number of carboxylic acid groups (broad SMARTS) is 2. The second-order valence-electron chi connectivity index (χ2n) is 7.77. The van der Waals surface area contributed by atoms with Crippen molar-refractivity contribution in [2.45, 2.75) is 31.7 Å². The Kier molecular flexibility index (Phi) is 13.0. The first kappa shape index (κ1) is 33.8. The minimum absolute atomic E-state index is 0.0568. The molecule has 1 aliphatic rings. The van der Waals surface area contributed by atoms with Crippen LogP contribution in [0, 0.1) is 0 Å². The predicted molar refractivity (Wildman–Crippen MR) is 128 cm³/mol. The van der Waals surface area contributed by atoms with E-state index in [0.29, 0.717) is 16.9 Å². The summed E-state index contributed by atoms with van der Waals surface area (Å²) < 4.78 is 69.1. The molecule has 0 saturated heterocycles. The van der Waals surface area contributed by atoms with Gasteiger partial charge in [0.1, 0.15) is 5.75 Å². The second-order valence-corrected chi connectivity index (χ2v) is 7.77. The van der Waals surface area contributed by atoms with Crippen molar-refractivity contribution < 1.29 is 60.5 Å². The van der Waals surface area contributed by atoms with Crippen LogP contribution in [0.1, 0.15) is 39.1 Å². The molecular weight excluding hydrogens is 554 g/mol. The van der Waals surface area contributed by atoms with Gasteiger partial charge in [0.15, 0.2) is 11.5 Å². The van der Waals surface area contributed by atoms with Crippen LogP contribution in [0.4, 0.5) is 26.3 Å². The zero-order chi connectivity index (χ0) is 30.5. The maximum atomic E-state index is 12.5. The average molecular weight is 578 g/mol. The molecule has 40 heavy (non-hydrogen) atoms. The first-order chi connectivity index (χ1) is 18.6. The van der Waals surface area contributed by atoms with Gasteiger partial charge in [-0.25, -0.2) is 9.59 Å². The van der Waals surface area contributed by atoms with Gasteiger partial charge in [-0.05, 0) is 43.6 Å². The normalized spacial score (nSPS) is 12.6. The lowest BCUT2D eigenvalue weighted by Crippen LogP contribution is -2.21. The highest BCUT2D eigenvalue weighted by molar-refractivity contribution is 6.23. The lowest BCUT2D eigenvalue weighted by molar-refractivity contribution is -0.193. The van der Waals surface area contributed by atoms with Crippen LogP contribution in [0.25, 0.3) is 0 Å². The Morgan fingerprint density at radius 2 is 1.32 bits per heavy atom. The molecule has 1 aliphatic carbocycles. The van der Waals surface area contributed by atoms with Crippen molar-refractivity contribution in [2.24, 2.45) is 5.73 Å². The summed E-state index contributed by atoms with van der Waals surface area (Å²) in [5.74, 6) is -5.41. The van der Waals surface area contributed by atoms with E-state index in [4.69, 9.17) is 30.3 Å². The van der Waals surface area contributed by atoms with Crippen LogP contribution in [0.3, 0.4) is 0 Å². The number of nitrogens with two attached hydrogens (primary N) is 1. The number of nitrogens with one attached hydrogen (secondary N) is 1. The van der Waals surface area contributed by atoms with E-state index >= 15 is 0 Å². The molecule has 0 radical (unpaired) electrons. The number of halogens is 6. The van der Waals surface area contributed by atoms with Crippen molar-refractivity contribution in [2.75, 3.05) is 13.1 Å². The number of ketones is 2. The number of benzene rings is 2. The van der Waals surface area contributed by atoms with Gasteiger partial charge in [-0.2, -0.15) is 26.3 Å². The molecule has 0 spiro atoms. The summed E-state index contributed by atoms with van der Waals surface area (Å²) in [6.07, 6.45) is -6.83. The third-order valence-electron chi connectivity index (χ3n) is 4.70. The van der Waals surface area contributed by atoms with E-state index in [-0.39, 0.29) is 17.3 Å². The monoisotopic (exact) mass is 578 g/mol. The van der Waals surface area contributed by atoms with E-state index in [1.807, 2.05) is 12.1 Å². The average Bonchev–Trinajstić information content (AvgIpc) is 2.87. The van der Waals surface area contributed by atoms with Crippen molar-refractivity contribution in [1.82, 2.24) is 5.32 Å². The third kappa shape index (κ3) is 11.7. The van der Waals surface area contributed by atoms with Crippen molar-refractivity contribution in [3.05, 3.63) is 77.1 Å². The summed E-state index contributed by atoms with van der Waals surface area (Å²) in [7, 11) is 0. The lowest BCUT2D eigenvalue weighted by Gasteiger charge is -2.15. The lowest BCUT2D eigenvalue weighted by atomic mass is 9.94. The Bertz CT molecular complexity index is 1190. The number of hydrogen-bond acceptors (Lipinski definition) is 7. The summed E-state index contributed by atoms with van der Waals surface area (Å²) in [6, 6.07) is 14.3. The fourth-order valence-corrected chi connectivity index (χ4v) is 2.80. The number of unbranched alkanes of at least 4 members (excludes halogenated alkanes) is 1. The summed E-state index contributed by atoms with van der Waals surface area (Å²) in [5, 5.41) is 17.6. The molecule has 9 nitrogen and oxygen atoms in total. The number of Topliss-reactive ketones (excluding diaryl/α,β-unsaturated/α-hetero) is 1. The van der Waals surface area contributed by atoms with Gasteiger partial charge >= 0.3 is 24.3 Å². The molecule has 0 fully saturated rings. The van der Waals surface area contributed by atoms with Crippen molar-refractivity contribution in [3.63, 3.8) is 0 Å². The van der Waals surface area contributed by atoms with Gasteiger partial charge in [-0.15, -0.1) is 0 Å². The summed E-state index contributed by atoms with van der Waals surface area (Å²) >= 11 is 0. The van der Waals surface area contributed by atoms with Gasteiger partial charge in [-0.1, -0.05) is 36.4 Å². The van der Waals surface area contributed by atoms with E-state index in [0.717, 1.165) is 38.0 Å². The van der Waals surface area contributed by atoms with Crippen LogP contribution in [0.15, 0.2) is 60.4 Å². The zero-order valence-corrected chi connectivity index (χ0v) is 20.5. The number of alkyl halides is 6. The first-order valence-corrected chi connectivity index (χ1v) is 11.3. The molecule has 218 valence electrons. The standard InChI is InChI=1S/C21H22N2O3.2C2HF3O2/c22-11-3-4-12-23-14-15-7-9-16(10-8-15)26-20-13-19(24)17-5-1-2-6-18(17)21(20)25;2*3-2(4,5)1(6)7/h1-2,5-10,13,23H,3-4,11-12,14,22H2;2*(H,6,7). The smallest absolute Gasteiger partial charge is 0.475 e. The Morgan fingerprint density at radius 1 is 0.825 bits per heavy atom. The minimum Gasteiger partial charge on any atom is -0.475 e. The summed E-state index contributed by atoms with van der Waals surface area (Å²) in [5.41, 5.74) is 7.39. The molecule has 3 rings (SSSR count). The fourth-order valence-electron chi connectivity index (χ4n) is 2.80. The molecule has 0 aromatic heterocycles. The van der Waals surface area contributed by atoms with Crippen molar-refractivity contribution >= 4 is 23.5 Å². The van der Waals surface area contributed by atoms with Crippen LogP contribution < -0.4 is 15.8 Å². The van der Waals surface area contributed by atoms with Crippen LogP contribution in [-0.2, 0) is 16.1 Å². The SMILES string of the molecule is NCCCCNCc1ccc(OC2=CC(=O)c3ccccc3C2=O)cc1.O=C(O)C(F)(F)F.O=C(O)C(F)(F)F. The molecule has 5 N–H and O–H groups in total. The van der Waals surface area contributed by atoms with Gasteiger partial charge in [0.05, 0.1) is 0 Å². The van der Waals surface area contributed by atoms with E-state index in [2.05, 4.69) is 5.32 Å². The fraction of sp³-hybridized carbons (Fsp3) is 0.280. The predicted octanol–water partition coefficient (Wildman–Crippen LogP) is 4.12. The van der Waals surface area contributed by atoms with Crippen molar-refractivity contribution in [3.8, 4) is 5.75 Å². The van der Waals surface area contributed by atoms with Crippen molar-refractivity contribution in [1.29, 1.82) is 0 Å². The molecule has 2 aromatic carbocycles. The Balaban J connectivity index is 0.000000473. The molecule has 0 amide bonds. The van der Waals surface area contributed by atoms with Gasteiger partial charge in [0.25, 0.3) is 0 Å². The molecule has 0 atom stereocenters. The van der Waals surface area contributed by atoms with Crippen LogP contribution in [0.2, 0.25) is 0 Å². The molecule has 0 unspecified atom stereocenters. The molecule has 0 aliphatic heterocycles. The van der Waals surface area contributed by atoms with Gasteiger partial charge in [0, 0.05) is 23.7 Å². The van der Waals surface area contributed by atoms with E-state index < -0.39 is 24.3 Å². The van der Waals surface area contributed by atoms with Gasteiger partial charge in [0.2, 0.25) is 5.78 Å². The quantitative estimate of drug-likeness (QED) is 0.267. The first-order valence-electron chi connectivity index (χ1n) is 11.3. The van der Waals surface area contributed by atoms with Crippen LogP contribution >= 0.6 is 0 Å². The Morgan fingerprint density at radius 3 is 1.80 bits per heavy atom. The molecule has 2 aromatic rings. The highest BCUT2D eigenvalue weighted by atomic mass is 19.4. The van der Waals surface area contributed by atoms with E-state index in [1.54, 1.807) is 36.4 Å². The molecule has 0 heterocycles. The van der Waals surface area contributed by atoms with Crippen LogP contribution in [0.5, 0.6) is 5.75 Å². The second kappa shape index (κ2) is 15.4. The Labute approximate surface area is 223 Å². The van der Waals surface area contributed by atoms with E-state index in [9.17, 15) is 35.9 Å². The number of hydrogen-bond donors (Lipinski definition) is 4. The molecule has 0 saturated carbocycles. The number of ether oxygens (including phenoxy) is 1. The molecular formula is C25H24F6N2O7. The Hall–Kier alpha value is -4.24. The van der Waals surface area contributed by atoms with Gasteiger partial charge in [-0.3, -0.25) is 9.59 Å². The maximum absolute atomic E-state index is 12.5. The van der Waals surface area contributed by atoms with Crippen LogP contribution in [-0.4, -0.2) is 59.2 Å². The molecule has 15 heteroatoms. The number of carbonyl (C=O) groups is 4. The number of allylic oxidation sites excluding steroid dienone is 2. The maximum Gasteiger partial charge on any atom is 0.490 e. The summed E-state index contributed by atoms with van der Waals surface area (Å²) in [4.78, 5) is 42.4. The number of carbonyl (C=O) groups excluding carboxylic acids is 2. The number of fused-ring (bicyclic) bond motifs is 1. The zero-order valence-electron chi connectivity index (χ0n) is 20.5. The highest BCUT2D eigenvalue weighted by Crippen LogP contribution is 2.24. The number of rotatable bonds is 8. The van der Waals surface area contributed by atoms with Gasteiger partial charge < -0.3 is 26.0 Å². The largest absolute Gasteiger partial charge is 0.490 e. The number of carboxylic acids is 2.